The van der Waals surface area contributed by atoms with E-state index in [0.717, 1.165) is 18.4 Å². The van der Waals surface area contributed by atoms with E-state index in [-0.39, 0.29) is 40.4 Å². The summed E-state index contributed by atoms with van der Waals surface area (Å²) >= 11 is 6.29. The van der Waals surface area contributed by atoms with E-state index in [0.29, 0.717) is 13.1 Å². The summed E-state index contributed by atoms with van der Waals surface area (Å²) in [5.74, 6) is -0.550. The lowest BCUT2D eigenvalue weighted by Gasteiger charge is -2.25. The van der Waals surface area contributed by atoms with Crippen molar-refractivity contribution in [3.05, 3.63) is 34.2 Å². The lowest BCUT2D eigenvalue weighted by atomic mass is 10.1. The normalized spacial score (nSPS) is 18.1. The van der Waals surface area contributed by atoms with Crippen molar-refractivity contribution in [1.82, 2.24) is 19.6 Å². The van der Waals surface area contributed by atoms with Crippen molar-refractivity contribution >= 4 is 29.1 Å². The molecule has 9 heteroatoms. The SMILES string of the molecule is O=C1CN(C(=O)c2nc3c(C(F)F)cc(C4CC4)cn3c2Cl)CCN1. The molecule has 2 fully saturated rings. The quantitative estimate of drug-likeness (QED) is 0.904. The van der Waals surface area contributed by atoms with Gasteiger partial charge in [-0.3, -0.25) is 14.0 Å². The van der Waals surface area contributed by atoms with Crippen LogP contribution in [-0.4, -0.2) is 45.7 Å². The molecule has 0 atom stereocenters. The van der Waals surface area contributed by atoms with Crippen molar-refractivity contribution < 1.29 is 18.4 Å². The fraction of sp³-hybridized carbons (Fsp3) is 0.438. The van der Waals surface area contributed by atoms with Gasteiger partial charge in [0, 0.05) is 19.3 Å². The number of aromatic nitrogens is 2. The van der Waals surface area contributed by atoms with Crippen LogP contribution >= 0.6 is 11.6 Å². The molecule has 0 bridgehead atoms. The molecular weight excluding hydrogens is 354 g/mol. The number of hydrogen-bond donors (Lipinski definition) is 1. The van der Waals surface area contributed by atoms with Crippen molar-refractivity contribution in [2.45, 2.75) is 25.2 Å². The number of pyridine rings is 1. The van der Waals surface area contributed by atoms with Gasteiger partial charge in [-0.15, -0.1) is 0 Å². The van der Waals surface area contributed by atoms with Gasteiger partial charge in [0.15, 0.2) is 5.69 Å². The molecule has 2 amide bonds. The first-order valence-electron chi connectivity index (χ1n) is 8.01. The average Bonchev–Trinajstić information content (AvgIpc) is 3.38. The molecule has 1 aliphatic heterocycles. The van der Waals surface area contributed by atoms with Gasteiger partial charge in [0.2, 0.25) is 5.91 Å². The van der Waals surface area contributed by atoms with Gasteiger partial charge in [-0.1, -0.05) is 11.6 Å². The highest BCUT2D eigenvalue weighted by Gasteiger charge is 2.31. The highest BCUT2D eigenvalue weighted by molar-refractivity contribution is 6.33. The Morgan fingerprint density at radius 3 is 2.80 bits per heavy atom. The maximum atomic E-state index is 13.5. The predicted molar refractivity (Wildman–Crippen MR) is 86.0 cm³/mol. The van der Waals surface area contributed by atoms with Crippen LogP contribution in [0.5, 0.6) is 0 Å². The van der Waals surface area contributed by atoms with Gasteiger partial charge in [0.05, 0.1) is 12.1 Å². The molecule has 0 radical (unpaired) electrons. The zero-order valence-corrected chi connectivity index (χ0v) is 13.9. The lowest BCUT2D eigenvalue weighted by molar-refractivity contribution is -0.123. The van der Waals surface area contributed by atoms with Gasteiger partial charge in [-0.2, -0.15) is 0 Å². The number of carbonyl (C=O) groups excluding carboxylic acids is 2. The molecule has 1 aliphatic carbocycles. The molecule has 6 nitrogen and oxygen atoms in total. The molecule has 1 saturated heterocycles. The fourth-order valence-electron chi connectivity index (χ4n) is 3.06. The van der Waals surface area contributed by atoms with E-state index in [2.05, 4.69) is 10.3 Å². The minimum absolute atomic E-state index is 0.00428. The van der Waals surface area contributed by atoms with Crippen LogP contribution < -0.4 is 5.32 Å². The van der Waals surface area contributed by atoms with E-state index >= 15 is 0 Å². The predicted octanol–water partition coefficient (Wildman–Crippen LogP) is 2.37. The first kappa shape index (κ1) is 16.3. The number of amides is 2. The number of piperazine rings is 1. The van der Waals surface area contributed by atoms with E-state index in [9.17, 15) is 18.4 Å². The Morgan fingerprint density at radius 2 is 2.16 bits per heavy atom. The molecule has 1 saturated carbocycles. The van der Waals surface area contributed by atoms with E-state index < -0.39 is 12.3 Å². The van der Waals surface area contributed by atoms with Crippen LogP contribution in [0, 0.1) is 0 Å². The second-order valence-corrected chi connectivity index (χ2v) is 6.68. The standard InChI is InChI=1S/C16H15ClF2N4O2/c17-13-12(16(25)22-4-3-20-11(24)7-22)21-15-10(14(18)19)5-9(6-23(13)15)8-1-2-8/h5-6,8,14H,1-4,7H2,(H,20,24). The first-order valence-corrected chi connectivity index (χ1v) is 8.39. The van der Waals surface area contributed by atoms with Crippen LogP contribution in [0.2, 0.25) is 5.15 Å². The fourth-order valence-corrected chi connectivity index (χ4v) is 3.32. The number of rotatable bonds is 3. The topological polar surface area (TPSA) is 66.7 Å². The number of alkyl halides is 2. The number of fused-ring (bicyclic) bond motifs is 1. The maximum Gasteiger partial charge on any atom is 0.276 e. The molecule has 3 heterocycles. The van der Waals surface area contributed by atoms with Gasteiger partial charge in [-0.05, 0) is 30.4 Å². The van der Waals surface area contributed by atoms with Crippen molar-refractivity contribution in [3.63, 3.8) is 0 Å². The van der Waals surface area contributed by atoms with Gasteiger partial charge < -0.3 is 10.2 Å². The minimum atomic E-state index is -2.72. The molecule has 0 unspecified atom stereocenters. The monoisotopic (exact) mass is 368 g/mol. The molecule has 2 aromatic rings. The van der Waals surface area contributed by atoms with Gasteiger partial charge >= 0.3 is 0 Å². The van der Waals surface area contributed by atoms with Crippen LogP contribution in [0.15, 0.2) is 12.3 Å². The lowest BCUT2D eigenvalue weighted by Crippen LogP contribution is -2.50. The second kappa shape index (κ2) is 5.94. The van der Waals surface area contributed by atoms with E-state index in [1.807, 2.05) is 0 Å². The second-order valence-electron chi connectivity index (χ2n) is 6.33. The third-order valence-corrected chi connectivity index (χ3v) is 4.88. The maximum absolute atomic E-state index is 13.5. The number of hydrogen-bond acceptors (Lipinski definition) is 3. The van der Waals surface area contributed by atoms with Gasteiger partial charge in [-0.25, -0.2) is 13.8 Å². The van der Waals surface area contributed by atoms with Crippen molar-refractivity contribution in [1.29, 1.82) is 0 Å². The van der Waals surface area contributed by atoms with Crippen molar-refractivity contribution in [2.75, 3.05) is 19.6 Å². The molecule has 0 spiro atoms. The average molecular weight is 369 g/mol. The molecule has 0 aromatic carbocycles. The summed E-state index contributed by atoms with van der Waals surface area (Å²) in [6, 6.07) is 1.45. The van der Waals surface area contributed by atoms with Gasteiger partial charge in [0.25, 0.3) is 12.3 Å². The molecule has 2 aliphatic rings. The minimum Gasteiger partial charge on any atom is -0.353 e. The molecule has 1 N–H and O–H groups in total. The zero-order chi connectivity index (χ0) is 17.7. The Labute approximate surface area is 146 Å². The largest absolute Gasteiger partial charge is 0.353 e. The molecule has 25 heavy (non-hydrogen) atoms. The van der Waals surface area contributed by atoms with E-state index in [4.69, 9.17) is 11.6 Å². The summed E-state index contributed by atoms with van der Waals surface area (Å²) in [5, 5.41) is 2.62. The van der Waals surface area contributed by atoms with Crippen LogP contribution in [0.4, 0.5) is 8.78 Å². The third kappa shape index (κ3) is 2.84. The Balaban J connectivity index is 1.79. The smallest absolute Gasteiger partial charge is 0.276 e. The number of halogens is 3. The zero-order valence-electron chi connectivity index (χ0n) is 13.1. The Morgan fingerprint density at radius 1 is 1.40 bits per heavy atom. The number of nitrogens with one attached hydrogen (secondary N) is 1. The third-order valence-electron chi connectivity index (χ3n) is 4.52. The van der Waals surface area contributed by atoms with E-state index in [1.165, 1.54) is 15.4 Å². The number of nitrogens with zero attached hydrogens (tertiary/aromatic N) is 3. The molecule has 4 rings (SSSR count). The van der Waals surface area contributed by atoms with E-state index in [1.54, 1.807) is 6.20 Å². The number of imidazole rings is 1. The van der Waals surface area contributed by atoms with Crippen molar-refractivity contribution in [3.8, 4) is 0 Å². The summed E-state index contributed by atoms with van der Waals surface area (Å²) in [6.45, 7) is 0.561. The van der Waals surface area contributed by atoms with Crippen LogP contribution in [0.1, 0.15) is 46.8 Å². The highest BCUT2D eigenvalue weighted by Crippen LogP contribution is 2.42. The summed E-state index contributed by atoms with van der Waals surface area (Å²) in [5.41, 5.74) is 0.417. The van der Waals surface area contributed by atoms with Crippen LogP contribution in [0.3, 0.4) is 0 Å². The highest BCUT2D eigenvalue weighted by atomic mass is 35.5. The Kier molecular flexibility index (Phi) is 3.87. The van der Waals surface area contributed by atoms with Crippen LogP contribution in [0.25, 0.3) is 5.65 Å². The molecular formula is C16H15ClF2N4O2. The molecule has 132 valence electrons. The Hall–Kier alpha value is -2.22. The van der Waals surface area contributed by atoms with Gasteiger partial charge in [0.1, 0.15) is 10.8 Å². The summed E-state index contributed by atoms with van der Waals surface area (Å²) in [6.07, 6.45) is 0.863. The van der Waals surface area contributed by atoms with Crippen molar-refractivity contribution in [2.24, 2.45) is 0 Å². The first-order chi connectivity index (χ1) is 12.0. The number of carbonyl (C=O) groups is 2. The molecule has 2 aromatic heterocycles. The Bertz CT molecular complexity index is 879. The van der Waals surface area contributed by atoms with Crippen LogP contribution in [-0.2, 0) is 4.79 Å². The summed E-state index contributed by atoms with van der Waals surface area (Å²) < 4.78 is 28.3. The summed E-state index contributed by atoms with van der Waals surface area (Å²) in [4.78, 5) is 29.5. The summed E-state index contributed by atoms with van der Waals surface area (Å²) in [7, 11) is 0.